The molecular weight excluding hydrogens is 378 g/mol. The third-order valence-corrected chi connectivity index (χ3v) is 3.77. The van der Waals surface area contributed by atoms with E-state index in [2.05, 4.69) is 33.0 Å². The average molecular weight is 398 g/mol. The number of halogens is 2. The first-order valence-corrected chi connectivity index (χ1v) is 7.80. The molecule has 0 aromatic heterocycles. The summed E-state index contributed by atoms with van der Waals surface area (Å²) in [6.07, 6.45) is -3.12. The van der Waals surface area contributed by atoms with Gasteiger partial charge in [0, 0.05) is 18.2 Å². The number of hydrogen-bond donors (Lipinski definition) is 5. The number of hydroxylamine groups is 1. The number of nitrogens with one attached hydrogen (secondary N) is 3. The Morgan fingerprint density at radius 1 is 1.36 bits per heavy atom. The van der Waals surface area contributed by atoms with Crippen molar-refractivity contribution >= 4 is 11.8 Å². The average Bonchev–Trinajstić information content (AvgIpc) is 2.70. The van der Waals surface area contributed by atoms with E-state index in [1.807, 2.05) is 0 Å². The first-order chi connectivity index (χ1) is 13.3. The van der Waals surface area contributed by atoms with Crippen molar-refractivity contribution in [3.8, 4) is 11.8 Å². The second kappa shape index (κ2) is 10.8. The molecule has 0 aliphatic heterocycles. The number of benzene rings is 1. The number of ether oxygens (including phenoxy) is 1. The smallest absolute Gasteiger partial charge is 0.269 e. The monoisotopic (exact) mass is 398 g/mol. The number of nitrogens with two attached hydrogens (primary N) is 1. The van der Waals surface area contributed by atoms with Gasteiger partial charge in [0.25, 0.3) is 18.2 Å². The lowest BCUT2D eigenvalue weighted by Gasteiger charge is -2.34. The topological polar surface area (TPSA) is 150 Å². The molecule has 10 nitrogen and oxygen atoms in total. The molecule has 0 aliphatic carbocycles. The van der Waals surface area contributed by atoms with Crippen molar-refractivity contribution in [3.63, 3.8) is 0 Å². The van der Waals surface area contributed by atoms with Crippen LogP contribution >= 0.6 is 0 Å². The lowest BCUT2D eigenvalue weighted by molar-refractivity contribution is -0.157. The molecule has 0 saturated carbocycles. The summed E-state index contributed by atoms with van der Waals surface area (Å²) >= 11 is 0. The number of hydrogen-bond acceptors (Lipinski definition) is 6. The maximum atomic E-state index is 13.4. The van der Waals surface area contributed by atoms with Gasteiger partial charge in [-0.15, -0.1) is 0 Å². The van der Waals surface area contributed by atoms with Crippen LogP contribution in [-0.4, -0.2) is 48.7 Å². The maximum Gasteiger partial charge on any atom is 0.269 e. The fourth-order valence-electron chi connectivity index (χ4n) is 2.05. The molecule has 6 N–H and O–H groups in total. The minimum absolute atomic E-state index is 0.0871. The minimum Gasteiger partial charge on any atom is -0.370 e. The van der Waals surface area contributed by atoms with Crippen LogP contribution < -0.4 is 22.1 Å². The van der Waals surface area contributed by atoms with E-state index in [4.69, 9.17) is 15.8 Å². The molecule has 152 valence electrons. The molecule has 1 aromatic carbocycles. The van der Waals surface area contributed by atoms with Crippen molar-refractivity contribution < 1.29 is 28.3 Å². The zero-order valence-electron chi connectivity index (χ0n) is 15.1. The number of carbonyl (C=O) groups is 2. The fourth-order valence-corrected chi connectivity index (χ4v) is 2.05. The second-order valence-corrected chi connectivity index (χ2v) is 5.50. The maximum absolute atomic E-state index is 13.4. The number of amides is 2. The van der Waals surface area contributed by atoms with Crippen molar-refractivity contribution in [3.05, 3.63) is 35.4 Å². The summed E-state index contributed by atoms with van der Waals surface area (Å²) in [6.45, 7) is 1.14. The van der Waals surface area contributed by atoms with Crippen LogP contribution in [0.3, 0.4) is 0 Å². The quantitative estimate of drug-likeness (QED) is 0.105. The molecule has 1 rings (SSSR count). The molecule has 0 spiro atoms. The van der Waals surface area contributed by atoms with Crippen molar-refractivity contribution in [2.75, 3.05) is 13.7 Å². The SMILES string of the molecule is COC(C)(C(F)F)[C@H](NC(=O)c1ccc(C#CCNN=NN)cc1)C(=O)NO. The molecule has 0 bridgehead atoms. The van der Waals surface area contributed by atoms with E-state index < -0.39 is 29.9 Å². The Balaban J connectivity index is 2.92. The summed E-state index contributed by atoms with van der Waals surface area (Å²) in [5.74, 6) is 8.25. The van der Waals surface area contributed by atoms with E-state index in [1.54, 1.807) is 0 Å². The Hall–Kier alpha value is -3.30. The predicted molar refractivity (Wildman–Crippen MR) is 93.0 cm³/mol. The summed E-state index contributed by atoms with van der Waals surface area (Å²) in [5, 5.41) is 17.3. The summed E-state index contributed by atoms with van der Waals surface area (Å²) in [4.78, 5) is 24.2. The van der Waals surface area contributed by atoms with Crippen molar-refractivity contribution in [1.29, 1.82) is 0 Å². The van der Waals surface area contributed by atoms with E-state index in [0.717, 1.165) is 14.0 Å². The third kappa shape index (κ3) is 5.86. The second-order valence-electron chi connectivity index (χ2n) is 5.50. The lowest BCUT2D eigenvalue weighted by atomic mass is 9.95. The van der Waals surface area contributed by atoms with Crippen LogP contribution in [0.15, 0.2) is 34.7 Å². The van der Waals surface area contributed by atoms with E-state index in [-0.39, 0.29) is 12.1 Å². The molecule has 1 unspecified atom stereocenters. The largest absolute Gasteiger partial charge is 0.370 e. The summed E-state index contributed by atoms with van der Waals surface area (Å²) in [7, 11) is 0.965. The first-order valence-electron chi connectivity index (χ1n) is 7.80. The number of rotatable bonds is 8. The van der Waals surface area contributed by atoms with E-state index in [9.17, 15) is 18.4 Å². The van der Waals surface area contributed by atoms with Gasteiger partial charge in [0.05, 0.1) is 6.54 Å². The molecule has 0 aliphatic rings. The van der Waals surface area contributed by atoms with Crippen LogP contribution in [0.25, 0.3) is 0 Å². The van der Waals surface area contributed by atoms with Gasteiger partial charge in [-0.05, 0) is 31.2 Å². The standard InChI is InChI=1S/C16H20F2N6O4/c1-16(28-2,15(17)18)12(14(26)22-27)21-13(25)11-7-5-10(6-8-11)4-3-9-20-24-23-19/h5-8,12,15,27H,9H2,1-2H3,(H2,19,24)(H,20,23)(H,21,25)(H,22,26)/t12-,16?/m1/s1. The Kier molecular flexibility index (Phi) is 8.73. The van der Waals surface area contributed by atoms with Gasteiger partial charge in [0.15, 0.2) is 5.60 Å². The molecule has 0 fully saturated rings. The zero-order chi connectivity index (χ0) is 21.2. The van der Waals surface area contributed by atoms with Gasteiger partial charge in [-0.25, -0.2) is 14.3 Å². The molecule has 28 heavy (non-hydrogen) atoms. The van der Waals surface area contributed by atoms with Crippen LogP contribution in [0.4, 0.5) is 8.78 Å². The van der Waals surface area contributed by atoms with Gasteiger partial charge >= 0.3 is 0 Å². The number of nitrogens with zero attached hydrogens (tertiary/aromatic N) is 2. The molecular formula is C16H20F2N6O4. The van der Waals surface area contributed by atoms with E-state index in [1.165, 1.54) is 29.7 Å². The van der Waals surface area contributed by atoms with Gasteiger partial charge in [-0.1, -0.05) is 22.3 Å². The van der Waals surface area contributed by atoms with Gasteiger partial charge in [-0.2, -0.15) is 0 Å². The van der Waals surface area contributed by atoms with Crippen molar-refractivity contribution in [1.82, 2.24) is 16.2 Å². The van der Waals surface area contributed by atoms with Crippen LogP contribution in [0, 0.1) is 11.8 Å². The first kappa shape index (κ1) is 22.7. The number of carbonyl (C=O) groups excluding carboxylic acids is 2. The molecule has 2 atom stereocenters. The number of alkyl halides is 2. The summed E-state index contributed by atoms with van der Waals surface area (Å²) in [5.41, 5.74) is 2.01. The summed E-state index contributed by atoms with van der Waals surface area (Å²) in [6, 6.07) is 3.99. The zero-order valence-corrected chi connectivity index (χ0v) is 15.1. The van der Waals surface area contributed by atoms with Crippen LogP contribution in [-0.2, 0) is 9.53 Å². The van der Waals surface area contributed by atoms with Gasteiger partial charge < -0.3 is 15.9 Å². The van der Waals surface area contributed by atoms with Gasteiger partial charge in [0.1, 0.15) is 6.04 Å². The Bertz CT molecular complexity index is 763. The predicted octanol–water partition coefficient (Wildman–Crippen LogP) is 0.143. The highest BCUT2D eigenvalue weighted by atomic mass is 19.3. The highest BCUT2D eigenvalue weighted by molar-refractivity contribution is 5.97. The Labute approximate surface area is 159 Å². The van der Waals surface area contributed by atoms with Gasteiger partial charge in [0.2, 0.25) is 0 Å². The van der Waals surface area contributed by atoms with Gasteiger partial charge in [-0.3, -0.25) is 20.2 Å². The Morgan fingerprint density at radius 2 is 2.00 bits per heavy atom. The molecule has 0 radical (unpaired) electrons. The van der Waals surface area contributed by atoms with Crippen molar-refractivity contribution in [2.24, 2.45) is 16.3 Å². The van der Waals surface area contributed by atoms with Crippen molar-refractivity contribution in [2.45, 2.75) is 25.0 Å². The molecule has 0 heterocycles. The third-order valence-electron chi connectivity index (χ3n) is 3.77. The van der Waals surface area contributed by atoms with Crippen LogP contribution in [0.5, 0.6) is 0 Å². The number of methoxy groups -OCH3 is 1. The molecule has 1 aromatic rings. The lowest BCUT2D eigenvalue weighted by Crippen LogP contribution is -2.62. The molecule has 12 heteroatoms. The fraction of sp³-hybridized carbons (Fsp3) is 0.375. The van der Waals surface area contributed by atoms with Crippen LogP contribution in [0.1, 0.15) is 22.8 Å². The molecule has 0 saturated heterocycles. The highest BCUT2D eigenvalue weighted by Gasteiger charge is 2.48. The highest BCUT2D eigenvalue weighted by Crippen LogP contribution is 2.24. The normalized spacial score (nSPS) is 13.9. The summed E-state index contributed by atoms with van der Waals surface area (Å²) < 4.78 is 31.4. The molecule has 2 amide bonds. The van der Waals surface area contributed by atoms with Crippen LogP contribution in [0.2, 0.25) is 0 Å². The van der Waals surface area contributed by atoms with E-state index >= 15 is 0 Å². The van der Waals surface area contributed by atoms with E-state index in [0.29, 0.717) is 5.56 Å². The minimum atomic E-state index is -3.12. The Morgan fingerprint density at radius 3 is 2.50 bits per heavy atom.